The molecule has 0 aromatic rings. The van der Waals surface area contributed by atoms with Gasteiger partial charge in [0, 0.05) is 0 Å². The van der Waals surface area contributed by atoms with Crippen molar-refractivity contribution in [2.75, 3.05) is 0 Å². The van der Waals surface area contributed by atoms with E-state index in [4.69, 9.17) is 0 Å². The summed E-state index contributed by atoms with van der Waals surface area (Å²) in [5.41, 5.74) is 1.75. The van der Waals surface area contributed by atoms with Gasteiger partial charge in [0.15, 0.2) is 0 Å². The van der Waals surface area contributed by atoms with Gasteiger partial charge < -0.3 is 4.74 Å². The summed E-state index contributed by atoms with van der Waals surface area (Å²) in [7, 11) is 0. The molecule has 1 saturated heterocycles. The first kappa shape index (κ1) is 9.82. The number of carbonyl (C=O) groups excluding carboxylic acids is 2. The summed E-state index contributed by atoms with van der Waals surface area (Å²) < 4.78 is 4.62. The second-order valence-electron chi connectivity index (χ2n) is 5.00. The quantitative estimate of drug-likeness (QED) is 0.462. The van der Waals surface area contributed by atoms with Crippen LogP contribution < -0.4 is 0 Å². The Balaban J connectivity index is 1.96. The second kappa shape index (κ2) is 3.30. The van der Waals surface area contributed by atoms with Crippen LogP contribution in [0, 0.1) is 5.41 Å². The van der Waals surface area contributed by atoms with Gasteiger partial charge in [0.05, 0.1) is 12.0 Å². The van der Waals surface area contributed by atoms with E-state index in [0.29, 0.717) is 5.57 Å². The molecule has 3 nitrogen and oxygen atoms in total. The minimum atomic E-state index is -0.463. The molecule has 0 radical (unpaired) electrons. The first-order chi connectivity index (χ1) is 7.69. The van der Waals surface area contributed by atoms with Crippen LogP contribution in [-0.2, 0) is 14.3 Å². The van der Waals surface area contributed by atoms with Crippen molar-refractivity contribution in [2.24, 2.45) is 5.41 Å². The molecule has 0 unspecified atom stereocenters. The third-order valence-corrected chi connectivity index (χ3v) is 3.90. The second-order valence-corrected chi connectivity index (χ2v) is 5.00. The highest BCUT2D eigenvalue weighted by Gasteiger charge is 2.38. The lowest BCUT2D eigenvalue weighted by atomic mass is 9.75. The number of rotatable bonds is 0. The Kier molecular flexibility index (Phi) is 2.03. The van der Waals surface area contributed by atoms with Crippen molar-refractivity contribution in [3.63, 3.8) is 0 Å². The van der Waals surface area contributed by atoms with Crippen molar-refractivity contribution in [3.8, 4) is 0 Å². The van der Waals surface area contributed by atoms with E-state index >= 15 is 0 Å². The average Bonchev–Trinajstić information content (AvgIpc) is 2.65. The fraction of sp³-hybridized carbons (Fsp3) is 0.538. The third-order valence-electron chi connectivity index (χ3n) is 3.90. The van der Waals surface area contributed by atoms with Gasteiger partial charge in [0.1, 0.15) is 0 Å². The number of allylic oxidation sites excluding steroid dienone is 2. The lowest BCUT2D eigenvalue weighted by Crippen LogP contribution is -2.27. The first-order valence-electron chi connectivity index (χ1n) is 5.86. The molecule has 1 heterocycles. The summed E-state index contributed by atoms with van der Waals surface area (Å²) in [6, 6.07) is 0. The van der Waals surface area contributed by atoms with Crippen LogP contribution in [-0.4, -0.2) is 11.9 Å². The van der Waals surface area contributed by atoms with Crippen molar-refractivity contribution in [3.05, 3.63) is 23.3 Å². The van der Waals surface area contributed by atoms with Crippen molar-refractivity contribution in [2.45, 2.75) is 38.5 Å². The molecular formula is C13H14O3. The maximum Gasteiger partial charge on any atom is 0.345 e. The molecule has 3 aliphatic rings. The molecule has 0 atom stereocenters. The molecule has 0 aromatic carbocycles. The Labute approximate surface area is 94.2 Å². The number of hydrogen-bond acceptors (Lipinski definition) is 3. The summed E-state index contributed by atoms with van der Waals surface area (Å²) in [5, 5.41) is 0. The van der Waals surface area contributed by atoms with Crippen LogP contribution in [0.2, 0.25) is 0 Å². The van der Waals surface area contributed by atoms with E-state index < -0.39 is 11.9 Å². The van der Waals surface area contributed by atoms with Crippen molar-refractivity contribution in [1.82, 2.24) is 0 Å². The SMILES string of the molecule is O=C1CC2=CC3(CC=C2C(=O)O1)CCCC3. The highest BCUT2D eigenvalue weighted by molar-refractivity contribution is 6.04. The van der Waals surface area contributed by atoms with Gasteiger partial charge in [-0.3, -0.25) is 4.79 Å². The molecule has 1 saturated carbocycles. The van der Waals surface area contributed by atoms with Crippen molar-refractivity contribution in [1.29, 1.82) is 0 Å². The number of carbonyl (C=O) groups is 2. The standard InChI is InChI=1S/C13H14O3/c14-11-7-9-8-13(4-1-2-5-13)6-3-10(9)12(15)16-11/h3,8H,1-2,4-7H2. The molecule has 84 valence electrons. The topological polar surface area (TPSA) is 43.4 Å². The molecule has 16 heavy (non-hydrogen) atoms. The Hall–Kier alpha value is -1.38. The van der Waals surface area contributed by atoms with Gasteiger partial charge in [-0.25, -0.2) is 4.79 Å². The maximum absolute atomic E-state index is 11.5. The lowest BCUT2D eigenvalue weighted by Gasteiger charge is -2.31. The van der Waals surface area contributed by atoms with E-state index in [-0.39, 0.29) is 11.8 Å². The molecule has 0 N–H and O–H groups in total. The first-order valence-corrected chi connectivity index (χ1v) is 5.86. The molecule has 2 fully saturated rings. The molecule has 0 bridgehead atoms. The number of hydrogen-bond donors (Lipinski definition) is 0. The Morgan fingerprint density at radius 1 is 1.19 bits per heavy atom. The monoisotopic (exact) mass is 218 g/mol. The number of fused-ring (bicyclic) bond motifs is 1. The largest absolute Gasteiger partial charge is 0.389 e. The minimum absolute atomic E-state index is 0.233. The summed E-state index contributed by atoms with van der Waals surface area (Å²) in [5.74, 6) is -0.876. The summed E-state index contributed by atoms with van der Waals surface area (Å²) in [4.78, 5) is 22.7. The molecule has 0 amide bonds. The van der Waals surface area contributed by atoms with Crippen LogP contribution >= 0.6 is 0 Å². The van der Waals surface area contributed by atoms with Crippen LogP contribution in [0.5, 0.6) is 0 Å². The predicted molar refractivity (Wildman–Crippen MR) is 57.4 cm³/mol. The van der Waals surface area contributed by atoms with Gasteiger partial charge >= 0.3 is 11.9 Å². The van der Waals surface area contributed by atoms with Crippen LogP contribution in [0.3, 0.4) is 0 Å². The van der Waals surface area contributed by atoms with E-state index in [1.165, 1.54) is 25.7 Å². The number of esters is 2. The lowest BCUT2D eigenvalue weighted by molar-refractivity contribution is -0.157. The normalized spacial score (nSPS) is 27.2. The summed E-state index contributed by atoms with van der Waals surface area (Å²) in [6.45, 7) is 0. The van der Waals surface area contributed by atoms with Gasteiger partial charge in [-0.2, -0.15) is 0 Å². The zero-order chi connectivity index (χ0) is 11.2. The highest BCUT2D eigenvalue weighted by atomic mass is 16.6. The fourth-order valence-electron chi connectivity index (χ4n) is 3.08. The van der Waals surface area contributed by atoms with Crippen LogP contribution in [0.15, 0.2) is 23.3 Å². The zero-order valence-corrected chi connectivity index (χ0v) is 9.12. The number of cyclic esters (lactones) is 2. The Morgan fingerprint density at radius 2 is 1.94 bits per heavy atom. The third kappa shape index (κ3) is 1.42. The Morgan fingerprint density at radius 3 is 2.69 bits per heavy atom. The minimum Gasteiger partial charge on any atom is -0.389 e. The van der Waals surface area contributed by atoms with Gasteiger partial charge in [-0.1, -0.05) is 25.0 Å². The van der Waals surface area contributed by atoms with Crippen molar-refractivity contribution >= 4 is 11.9 Å². The average molecular weight is 218 g/mol. The van der Waals surface area contributed by atoms with Crippen molar-refractivity contribution < 1.29 is 14.3 Å². The van der Waals surface area contributed by atoms with E-state index in [1.807, 2.05) is 6.08 Å². The molecule has 1 spiro atoms. The molecule has 1 aliphatic heterocycles. The smallest absolute Gasteiger partial charge is 0.345 e. The maximum atomic E-state index is 11.5. The van der Waals surface area contributed by atoms with Gasteiger partial charge in [0.2, 0.25) is 0 Å². The molecule has 2 aliphatic carbocycles. The fourth-order valence-corrected chi connectivity index (χ4v) is 3.08. The molecule has 3 heteroatoms. The molecular weight excluding hydrogens is 204 g/mol. The summed E-state index contributed by atoms with van der Waals surface area (Å²) in [6.07, 6.45) is 10.2. The summed E-state index contributed by atoms with van der Waals surface area (Å²) >= 11 is 0. The van der Waals surface area contributed by atoms with Crippen LogP contribution in [0.25, 0.3) is 0 Å². The predicted octanol–water partition coefficient (Wildman–Crippen LogP) is 2.28. The van der Waals surface area contributed by atoms with Gasteiger partial charge in [-0.05, 0) is 30.3 Å². The highest BCUT2D eigenvalue weighted by Crippen LogP contribution is 2.47. The van der Waals surface area contributed by atoms with Crippen LogP contribution in [0.1, 0.15) is 38.5 Å². The zero-order valence-electron chi connectivity index (χ0n) is 9.12. The van der Waals surface area contributed by atoms with E-state index in [2.05, 4.69) is 10.8 Å². The van der Waals surface area contributed by atoms with Gasteiger partial charge in [-0.15, -0.1) is 0 Å². The van der Waals surface area contributed by atoms with E-state index in [0.717, 1.165) is 12.0 Å². The van der Waals surface area contributed by atoms with E-state index in [1.54, 1.807) is 0 Å². The van der Waals surface area contributed by atoms with Gasteiger partial charge in [0.25, 0.3) is 0 Å². The number of ether oxygens (including phenoxy) is 1. The molecule has 0 aromatic heterocycles. The van der Waals surface area contributed by atoms with E-state index in [9.17, 15) is 9.59 Å². The van der Waals surface area contributed by atoms with Crippen LogP contribution in [0.4, 0.5) is 0 Å². The molecule has 3 rings (SSSR count). The Bertz CT molecular complexity index is 422.